The first kappa shape index (κ1) is 41.2. The number of furan rings is 1. The van der Waals surface area contributed by atoms with Gasteiger partial charge in [0.1, 0.15) is 11.2 Å². The maximum atomic E-state index is 6.73. The summed E-state index contributed by atoms with van der Waals surface area (Å²) >= 11 is 3.63. The van der Waals surface area contributed by atoms with Crippen LogP contribution in [-0.2, 0) is 0 Å². The van der Waals surface area contributed by atoms with Crippen molar-refractivity contribution in [2.75, 3.05) is 0 Å². The molecule has 0 unspecified atom stereocenters. The van der Waals surface area contributed by atoms with E-state index in [1.807, 2.05) is 47.7 Å². The van der Waals surface area contributed by atoms with Crippen molar-refractivity contribution in [2.45, 2.75) is 6.92 Å². The van der Waals surface area contributed by atoms with Gasteiger partial charge in [-0.1, -0.05) is 158 Å². The van der Waals surface area contributed by atoms with Crippen LogP contribution >= 0.6 is 22.7 Å². The minimum atomic E-state index is 0.571. The number of aromatic nitrogens is 4. The molecule has 0 spiro atoms. The Morgan fingerprint density at radius 3 is 1.97 bits per heavy atom. The lowest BCUT2D eigenvalue weighted by Crippen LogP contribution is -2.01. The topological polar surface area (TPSA) is 56.7 Å². The average molecular weight is 945 g/mol. The SMILES string of the molecule is C=Cc1sc2cc(-c3ccc4sc5ccccc5c4c3-c3ccc4oc5cccc(-c6nc(-c7ccccc7)nc(-c7cccc(-n8c9ccccc9c9ccccc98)c7)n6)c5c4c3)ccc2c1/C=C\C. The predicted octanol–water partition coefficient (Wildman–Crippen LogP) is 18.5. The highest BCUT2D eigenvalue weighted by atomic mass is 32.1. The smallest absolute Gasteiger partial charge is 0.164 e. The van der Waals surface area contributed by atoms with Crippen LogP contribution < -0.4 is 0 Å². The third-order valence-corrected chi connectivity index (χ3v) is 16.1. The molecule has 0 N–H and O–H groups in total. The number of rotatable bonds is 8. The molecule has 7 heteroatoms. The number of nitrogens with zero attached hydrogens (tertiary/aromatic N) is 4. The molecule has 0 saturated carbocycles. The number of benzene rings is 9. The Kier molecular flexibility index (Phi) is 9.56. The molecule has 0 aliphatic carbocycles. The number of thiophene rings is 2. The van der Waals surface area contributed by atoms with E-state index in [0.717, 1.165) is 60.9 Å². The van der Waals surface area contributed by atoms with Crippen molar-refractivity contribution in [1.29, 1.82) is 0 Å². The molecule has 0 aliphatic rings. The van der Waals surface area contributed by atoms with Gasteiger partial charge in [-0.25, -0.2) is 15.0 Å². The number of allylic oxidation sites excluding steroid dienone is 1. The van der Waals surface area contributed by atoms with Crippen LogP contribution in [0.15, 0.2) is 211 Å². The Labute approximate surface area is 416 Å². The van der Waals surface area contributed by atoms with Gasteiger partial charge < -0.3 is 8.98 Å². The fourth-order valence-electron chi connectivity index (χ4n) is 10.6. The van der Waals surface area contributed by atoms with E-state index in [9.17, 15) is 0 Å². The van der Waals surface area contributed by atoms with Gasteiger partial charge in [-0.3, -0.25) is 0 Å². The van der Waals surface area contributed by atoms with Crippen LogP contribution in [0.25, 0.3) is 148 Å². The molecule has 0 radical (unpaired) electrons. The zero-order chi connectivity index (χ0) is 47.2. The van der Waals surface area contributed by atoms with Crippen molar-refractivity contribution in [3.63, 3.8) is 0 Å². The van der Waals surface area contributed by atoms with Gasteiger partial charge in [0, 0.05) is 79.1 Å². The molecule has 9 aromatic carbocycles. The monoisotopic (exact) mass is 944 g/mol. The van der Waals surface area contributed by atoms with Gasteiger partial charge in [-0.2, -0.15) is 0 Å². The van der Waals surface area contributed by atoms with E-state index in [2.05, 4.69) is 194 Å². The number of para-hydroxylation sites is 2. The standard InChI is InChI=1S/C64H40N4OS2/c1-3-16-46-47-31-29-39(37-58(47)70-55(46)4-2)43-32-34-57-61(48-23-10-13-28-56(48)71-57)59(43)40-30-33-53-50(36-40)60-49(24-15-27-54(60)69-53)64-66-62(38-17-6-5-7-18-38)65-63(67-64)41-19-14-20-42(35-41)68-51-25-11-8-21-44(51)45-22-9-12-26-52(45)68/h3-37H,2H2,1H3/b16-3-. The van der Waals surface area contributed by atoms with Crippen molar-refractivity contribution >= 4 is 109 Å². The molecule has 5 aromatic heterocycles. The highest BCUT2D eigenvalue weighted by Gasteiger charge is 2.22. The second kappa shape index (κ2) is 16.5. The average Bonchev–Trinajstić information content (AvgIpc) is 4.19. The second-order valence-electron chi connectivity index (χ2n) is 17.8. The highest BCUT2D eigenvalue weighted by molar-refractivity contribution is 7.26. The summed E-state index contributed by atoms with van der Waals surface area (Å²) in [5, 5.41) is 8.11. The third kappa shape index (κ3) is 6.62. The Morgan fingerprint density at radius 1 is 0.465 bits per heavy atom. The fourth-order valence-corrected chi connectivity index (χ4v) is 12.8. The predicted molar refractivity (Wildman–Crippen MR) is 302 cm³/mol. The largest absolute Gasteiger partial charge is 0.456 e. The van der Waals surface area contributed by atoms with Crippen LogP contribution in [0.2, 0.25) is 0 Å². The summed E-state index contributed by atoms with van der Waals surface area (Å²) in [4.78, 5) is 17.0. The van der Waals surface area contributed by atoms with E-state index < -0.39 is 0 Å². The number of fused-ring (bicyclic) bond motifs is 10. The summed E-state index contributed by atoms with van der Waals surface area (Å²) in [6, 6.07) is 69.0. The van der Waals surface area contributed by atoms with E-state index in [-0.39, 0.29) is 0 Å². The van der Waals surface area contributed by atoms with E-state index in [1.54, 1.807) is 11.3 Å². The summed E-state index contributed by atoms with van der Waals surface area (Å²) in [5.41, 5.74) is 13.4. The van der Waals surface area contributed by atoms with Gasteiger partial charge in [-0.05, 0) is 95.4 Å². The van der Waals surface area contributed by atoms with Crippen LogP contribution in [0.1, 0.15) is 17.4 Å². The van der Waals surface area contributed by atoms with E-state index in [1.165, 1.54) is 68.2 Å². The second-order valence-corrected chi connectivity index (χ2v) is 20.0. The molecular formula is C64H40N4OS2. The van der Waals surface area contributed by atoms with Crippen LogP contribution in [0.3, 0.4) is 0 Å². The summed E-state index contributed by atoms with van der Waals surface area (Å²) in [6.45, 7) is 6.22. The van der Waals surface area contributed by atoms with Gasteiger partial charge >= 0.3 is 0 Å². The van der Waals surface area contributed by atoms with Crippen molar-refractivity contribution in [3.8, 4) is 62.1 Å². The molecule has 71 heavy (non-hydrogen) atoms. The Morgan fingerprint density at radius 2 is 1.17 bits per heavy atom. The molecule has 14 aromatic rings. The first-order valence-electron chi connectivity index (χ1n) is 23.7. The molecule has 0 fully saturated rings. The van der Waals surface area contributed by atoms with Crippen molar-refractivity contribution in [3.05, 3.63) is 217 Å². The number of hydrogen-bond donors (Lipinski definition) is 0. The molecule has 5 nitrogen and oxygen atoms in total. The van der Waals surface area contributed by atoms with Crippen LogP contribution in [0.5, 0.6) is 0 Å². The molecule has 0 aliphatic heterocycles. The van der Waals surface area contributed by atoms with Gasteiger partial charge in [0.2, 0.25) is 0 Å². The first-order valence-corrected chi connectivity index (χ1v) is 25.4. The Balaban J connectivity index is 0.975. The Hall–Kier alpha value is -8.75. The zero-order valence-electron chi connectivity index (χ0n) is 38.4. The summed E-state index contributed by atoms with van der Waals surface area (Å²) in [7, 11) is 0. The molecule has 0 saturated heterocycles. The molecule has 14 rings (SSSR count). The maximum Gasteiger partial charge on any atom is 0.164 e. The summed E-state index contributed by atoms with van der Waals surface area (Å²) in [6.07, 6.45) is 6.26. The van der Waals surface area contributed by atoms with Crippen LogP contribution in [0, 0.1) is 0 Å². The van der Waals surface area contributed by atoms with Gasteiger partial charge in [0.15, 0.2) is 17.5 Å². The van der Waals surface area contributed by atoms with Crippen molar-refractivity contribution < 1.29 is 4.42 Å². The van der Waals surface area contributed by atoms with Crippen molar-refractivity contribution in [2.24, 2.45) is 0 Å². The van der Waals surface area contributed by atoms with E-state index in [0.29, 0.717) is 17.5 Å². The van der Waals surface area contributed by atoms with E-state index >= 15 is 0 Å². The van der Waals surface area contributed by atoms with Gasteiger partial charge in [-0.15, -0.1) is 22.7 Å². The van der Waals surface area contributed by atoms with Crippen molar-refractivity contribution in [1.82, 2.24) is 19.5 Å². The molecule has 0 amide bonds. The lowest BCUT2D eigenvalue weighted by molar-refractivity contribution is 0.669. The molecule has 5 heterocycles. The molecule has 0 atom stereocenters. The fraction of sp³-hybridized carbons (Fsp3) is 0.0156. The minimum absolute atomic E-state index is 0.571. The Bertz CT molecular complexity index is 4460. The van der Waals surface area contributed by atoms with Gasteiger partial charge in [0.05, 0.1) is 11.0 Å². The highest BCUT2D eigenvalue weighted by Crippen LogP contribution is 2.48. The van der Waals surface area contributed by atoms with Crippen LogP contribution in [-0.4, -0.2) is 19.5 Å². The van der Waals surface area contributed by atoms with Crippen LogP contribution in [0.4, 0.5) is 0 Å². The maximum absolute atomic E-state index is 6.73. The number of hydrogen-bond acceptors (Lipinski definition) is 6. The quantitative estimate of drug-likeness (QED) is 0.152. The molecule has 0 bridgehead atoms. The van der Waals surface area contributed by atoms with E-state index in [4.69, 9.17) is 19.4 Å². The third-order valence-electron chi connectivity index (χ3n) is 13.8. The molecular weight excluding hydrogens is 905 g/mol. The summed E-state index contributed by atoms with van der Waals surface area (Å²) in [5.74, 6) is 1.75. The summed E-state index contributed by atoms with van der Waals surface area (Å²) < 4.78 is 12.8. The lowest BCUT2D eigenvalue weighted by Gasteiger charge is -2.14. The zero-order valence-corrected chi connectivity index (χ0v) is 40.1. The van der Waals surface area contributed by atoms with Gasteiger partial charge in [0.25, 0.3) is 0 Å². The molecule has 334 valence electrons. The minimum Gasteiger partial charge on any atom is -0.456 e. The normalized spacial score (nSPS) is 12.0. The lowest BCUT2D eigenvalue weighted by atomic mass is 9.89. The first-order chi connectivity index (χ1) is 35.1.